The molecule has 0 bridgehead atoms. The van der Waals surface area contributed by atoms with Gasteiger partial charge in [-0.25, -0.2) is 0 Å². The summed E-state index contributed by atoms with van der Waals surface area (Å²) in [7, 11) is 0. The van der Waals surface area contributed by atoms with Gasteiger partial charge >= 0.3 is 0 Å². The highest BCUT2D eigenvalue weighted by molar-refractivity contribution is 6.06. The topological polar surface area (TPSA) is 120 Å². The van der Waals surface area contributed by atoms with Crippen LogP contribution in [0, 0.1) is 17.0 Å². The smallest absolute Gasteiger partial charge is 0.273 e. The molecular formula is C32H38N6O5. The molecule has 0 spiro atoms. The average Bonchev–Trinajstić information content (AvgIpc) is 3.02. The molecule has 2 N–H and O–H groups in total. The summed E-state index contributed by atoms with van der Waals surface area (Å²) in [5.74, 6) is -0.693. The van der Waals surface area contributed by atoms with Crippen molar-refractivity contribution in [2.75, 3.05) is 75.8 Å². The van der Waals surface area contributed by atoms with E-state index >= 15 is 0 Å². The highest BCUT2D eigenvalue weighted by atomic mass is 16.6. The van der Waals surface area contributed by atoms with Crippen LogP contribution in [0.5, 0.6) is 0 Å². The number of nitro benzene ring substituents is 1. The first-order valence-corrected chi connectivity index (χ1v) is 14.7. The molecule has 43 heavy (non-hydrogen) atoms. The number of aryl methyl sites for hydroxylation is 1. The lowest BCUT2D eigenvalue weighted by Gasteiger charge is -2.37. The summed E-state index contributed by atoms with van der Waals surface area (Å²) >= 11 is 0. The van der Waals surface area contributed by atoms with Crippen LogP contribution in [0.1, 0.15) is 31.8 Å². The number of ether oxygens (including phenoxy) is 1. The molecule has 3 aromatic carbocycles. The van der Waals surface area contributed by atoms with Crippen LogP contribution in [0.15, 0.2) is 66.7 Å². The molecule has 5 rings (SSSR count). The number of benzene rings is 3. The fourth-order valence-electron chi connectivity index (χ4n) is 5.46. The number of hydrogen-bond donors (Lipinski definition) is 2. The van der Waals surface area contributed by atoms with Crippen molar-refractivity contribution in [2.45, 2.75) is 13.5 Å². The van der Waals surface area contributed by atoms with E-state index in [4.69, 9.17) is 4.74 Å². The highest BCUT2D eigenvalue weighted by Crippen LogP contribution is 2.27. The van der Waals surface area contributed by atoms with E-state index < -0.39 is 10.8 Å². The summed E-state index contributed by atoms with van der Waals surface area (Å²) in [5, 5.41) is 17.3. The Kier molecular flexibility index (Phi) is 9.98. The summed E-state index contributed by atoms with van der Waals surface area (Å²) in [6.45, 7) is 10.0. The number of rotatable bonds is 10. The van der Waals surface area contributed by atoms with Gasteiger partial charge in [0.25, 0.3) is 17.5 Å². The van der Waals surface area contributed by atoms with Crippen molar-refractivity contribution < 1.29 is 19.2 Å². The number of anilines is 2. The van der Waals surface area contributed by atoms with E-state index in [2.05, 4.69) is 49.6 Å². The second-order valence-corrected chi connectivity index (χ2v) is 10.9. The molecule has 0 saturated carbocycles. The first kappa shape index (κ1) is 30.1. The Hall–Kier alpha value is -4.32. The number of carbonyl (C=O) groups excluding carboxylic acids is 2. The summed E-state index contributed by atoms with van der Waals surface area (Å²) in [6.07, 6.45) is 0. The number of hydrogen-bond acceptors (Lipinski definition) is 8. The number of carbonyl (C=O) groups is 2. The normalized spacial score (nSPS) is 16.1. The molecular weight excluding hydrogens is 548 g/mol. The summed E-state index contributed by atoms with van der Waals surface area (Å²) in [6, 6.07) is 20.1. The second-order valence-electron chi connectivity index (χ2n) is 10.9. The van der Waals surface area contributed by atoms with Crippen molar-refractivity contribution in [3.63, 3.8) is 0 Å². The molecule has 0 atom stereocenters. The number of amides is 2. The maximum absolute atomic E-state index is 13.5. The van der Waals surface area contributed by atoms with E-state index in [1.54, 1.807) is 31.2 Å². The predicted molar refractivity (Wildman–Crippen MR) is 166 cm³/mol. The van der Waals surface area contributed by atoms with Gasteiger partial charge in [0, 0.05) is 87.5 Å². The van der Waals surface area contributed by atoms with Gasteiger partial charge in [-0.15, -0.1) is 0 Å². The lowest BCUT2D eigenvalue weighted by molar-refractivity contribution is -0.385. The molecule has 0 unspecified atom stereocenters. The molecule has 3 aromatic rings. The number of nitro groups is 1. The summed E-state index contributed by atoms with van der Waals surface area (Å²) < 4.78 is 5.42. The van der Waals surface area contributed by atoms with Crippen molar-refractivity contribution in [3.8, 4) is 0 Å². The molecule has 2 amide bonds. The fraction of sp³-hybridized carbons (Fsp3) is 0.375. The predicted octanol–water partition coefficient (Wildman–Crippen LogP) is 3.54. The van der Waals surface area contributed by atoms with Crippen LogP contribution in [0.2, 0.25) is 0 Å². The van der Waals surface area contributed by atoms with Gasteiger partial charge in [0.05, 0.1) is 23.7 Å². The lowest BCUT2D eigenvalue weighted by atomic mass is 10.1. The monoisotopic (exact) mass is 586 g/mol. The molecule has 2 fully saturated rings. The zero-order chi connectivity index (χ0) is 30.2. The number of nitrogens with zero attached hydrogens (tertiary/aromatic N) is 4. The summed E-state index contributed by atoms with van der Waals surface area (Å²) in [5.41, 5.74) is 3.54. The Bertz CT molecular complexity index is 1440. The SMILES string of the molecule is Cc1ccc(C(=O)Nc2ccc(N3CCN(Cc4ccccc4)CC3)c(C(=O)NCCN3CCOCC3)c2)cc1[N+](=O)[O-]. The van der Waals surface area contributed by atoms with Crippen LogP contribution in [0.25, 0.3) is 0 Å². The van der Waals surface area contributed by atoms with Gasteiger partial charge in [-0.05, 0) is 36.8 Å². The highest BCUT2D eigenvalue weighted by Gasteiger charge is 2.23. The van der Waals surface area contributed by atoms with E-state index in [0.717, 1.165) is 58.0 Å². The minimum atomic E-state index is -0.500. The Morgan fingerprint density at radius 1 is 0.884 bits per heavy atom. The van der Waals surface area contributed by atoms with Gasteiger partial charge < -0.3 is 20.3 Å². The molecule has 11 nitrogen and oxygen atoms in total. The zero-order valence-electron chi connectivity index (χ0n) is 24.5. The minimum absolute atomic E-state index is 0.116. The Morgan fingerprint density at radius 2 is 1.63 bits per heavy atom. The molecule has 0 radical (unpaired) electrons. The second kappa shape index (κ2) is 14.2. The zero-order valence-corrected chi connectivity index (χ0v) is 24.5. The first-order chi connectivity index (χ1) is 20.9. The van der Waals surface area contributed by atoms with Crippen LogP contribution in [0.3, 0.4) is 0 Å². The third kappa shape index (κ3) is 7.95. The van der Waals surface area contributed by atoms with Crippen molar-refractivity contribution in [3.05, 3.63) is 99.1 Å². The molecule has 2 aliphatic heterocycles. The number of piperazine rings is 1. The molecule has 0 aliphatic carbocycles. The largest absolute Gasteiger partial charge is 0.379 e. The van der Waals surface area contributed by atoms with E-state index in [-0.39, 0.29) is 17.2 Å². The van der Waals surface area contributed by atoms with Gasteiger partial charge in [0.2, 0.25) is 0 Å². The number of nitrogens with one attached hydrogen (secondary N) is 2. The molecule has 11 heteroatoms. The lowest BCUT2D eigenvalue weighted by Crippen LogP contribution is -2.46. The fourth-order valence-corrected chi connectivity index (χ4v) is 5.46. The van der Waals surface area contributed by atoms with Crippen molar-refractivity contribution in [2.24, 2.45) is 0 Å². The summed E-state index contributed by atoms with van der Waals surface area (Å²) in [4.78, 5) is 44.3. The maximum Gasteiger partial charge on any atom is 0.273 e. The Labute approximate surface area is 251 Å². The van der Waals surface area contributed by atoms with Gasteiger partial charge in [-0.1, -0.05) is 36.4 Å². The van der Waals surface area contributed by atoms with Crippen LogP contribution in [-0.2, 0) is 11.3 Å². The standard InChI is InChI=1S/C32H38N6O5/c1-24-7-8-26(21-30(24)38(41)42)31(39)34-27-9-10-29(28(22-27)32(40)33-11-12-35-17-19-43-20-18-35)37-15-13-36(14-16-37)23-25-5-3-2-4-6-25/h2-10,21-22H,11-20,23H2,1H3,(H,33,40)(H,34,39). The maximum atomic E-state index is 13.5. The van der Waals surface area contributed by atoms with E-state index in [1.807, 2.05) is 12.1 Å². The van der Waals surface area contributed by atoms with Crippen molar-refractivity contribution in [1.29, 1.82) is 0 Å². The quantitative estimate of drug-likeness (QED) is 0.274. The third-order valence-electron chi connectivity index (χ3n) is 7.95. The van der Waals surface area contributed by atoms with Gasteiger partial charge in [-0.3, -0.25) is 29.5 Å². The Balaban J connectivity index is 1.30. The molecule has 226 valence electrons. The van der Waals surface area contributed by atoms with E-state index in [1.165, 1.54) is 11.6 Å². The first-order valence-electron chi connectivity index (χ1n) is 14.7. The van der Waals surface area contributed by atoms with E-state index in [9.17, 15) is 19.7 Å². The number of morpholine rings is 1. The van der Waals surface area contributed by atoms with Gasteiger partial charge in [0.15, 0.2) is 0 Å². The molecule has 2 aliphatic rings. The molecule has 2 heterocycles. The van der Waals surface area contributed by atoms with Gasteiger partial charge in [0.1, 0.15) is 0 Å². The minimum Gasteiger partial charge on any atom is -0.379 e. The van der Waals surface area contributed by atoms with Crippen molar-refractivity contribution >= 4 is 28.9 Å². The average molecular weight is 587 g/mol. The van der Waals surface area contributed by atoms with Crippen LogP contribution in [-0.4, -0.2) is 92.1 Å². The van der Waals surface area contributed by atoms with Crippen LogP contribution in [0.4, 0.5) is 17.1 Å². The molecule has 2 saturated heterocycles. The van der Waals surface area contributed by atoms with E-state index in [0.29, 0.717) is 36.6 Å². The third-order valence-corrected chi connectivity index (χ3v) is 7.95. The Morgan fingerprint density at radius 3 is 2.35 bits per heavy atom. The molecule has 0 aromatic heterocycles. The van der Waals surface area contributed by atoms with Gasteiger partial charge in [-0.2, -0.15) is 0 Å². The van der Waals surface area contributed by atoms with Crippen molar-refractivity contribution in [1.82, 2.24) is 15.1 Å². The van der Waals surface area contributed by atoms with Crippen LogP contribution >= 0.6 is 0 Å². The van der Waals surface area contributed by atoms with Crippen LogP contribution < -0.4 is 15.5 Å².